The summed E-state index contributed by atoms with van der Waals surface area (Å²) in [6.45, 7) is -0.670. The Balaban J connectivity index is 1.84. The van der Waals surface area contributed by atoms with Crippen LogP contribution in [0.3, 0.4) is 0 Å². The molecular formula is C19H17F5N2O4S. The van der Waals surface area contributed by atoms with E-state index in [9.17, 15) is 40.3 Å². The molecule has 12 heteroatoms. The lowest BCUT2D eigenvalue weighted by atomic mass is 10.1. The number of nitrogens with one attached hydrogen (secondary N) is 1. The molecule has 1 aliphatic heterocycles. The zero-order chi connectivity index (χ0) is 22.9. The number of amides is 1. The minimum absolute atomic E-state index is 0.0941. The SMILES string of the molecule is O=C(Nc1cc(F)c(F)c(C(F)F)c1)c1cccc(S(=O)(=O)N2CCC(O)C(F)C2)c1. The van der Waals surface area contributed by atoms with Crippen molar-refractivity contribution < 1.29 is 40.3 Å². The van der Waals surface area contributed by atoms with Crippen LogP contribution in [0.4, 0.5) is 27.6 Å². The Morgan fingerprint density at radius 3 is 2.55 bits per heavy atom. The third kappa shape index (κ3) is 4.86. The topological polar surface area (TPSA) is 86.7 Å². The number of nitrogens with zero attached hydrogens (tertiary/aromatic N) is 1. The highest BCUT2D eigenvalue weighted by Crippen LogP contribution is 2.28. The lowest BCUT2D eigenvalue weighted by Gasteiger charge is -2.31. The number of benzene rings is 2. The summed E-state index contributed by atoms with van der Waals surface area (Å²) in [6.07, 6.45) is -6.43. The molecule has 0 aliphatic carbocycles. The third-order valence-electron chi connectivity index (χ3n) is 4.75. The van der Waals surface area contributed by atoms with E-state index in [0.29, 0.717) is 12.1 Å². The largest absolute Gasteiger partial charge is 0.390 e. The Labute approximate surface area is 174 Å². The number of sulfonamides is 1. The average molecular weight is 464 g/mol. The number of carbonyl (C=O) groups excluding carboxylic acids is 1. The van der Waals surface area contributed by atoms with Gasteiger partial charge in [0.05, 0.1) is 16.6 Å². The predicted molar refractivity (Wildman–Crippen MR) is 100.0 cm³/mol. The maximum atomic E-state index is 13.7. The van der Waals surface area contributed by atoms with Crippen molar-refractivity contribution in [1.29, 1.82) is 0 Å². The van der Waals surface area contributed by atoms with Gasteiger partial charge in [-0.05, 0) is 30.7 Å². The molecule has 31 heavy (non-hydrogen) atoms. The highest BCUT2D eigenvalue weighted by Gasteiger charge is 2.35. The third-order valence-corrected chi connectivity index (χ3v) is 6.61. The smallest absolute Gasteiger partial charge is 0.266 e. The first-order valence-electron chi connectivity index (χ1n) is 9.01. The van der Waals surface area contributed by atoms with Gasteiger partial charge in [0.15, 0.2) is 11.6 Å². The number of piperidine rings is 1. The van der Waals surface area contributed by atoms with Crippen LogP contribution in [-0.2, 0) is 10.0 Å². The van der Waals surface area contributed by atoms with Crippen molar-refractivity contribution in [2.75, 3.05) is 18.4 Å². The van der Waals surface area contributed by atoms with Crippen molar-refractivity contribution in [1.82, 2.24) is 4.31 Å². The molecule has 2 N–H and O–H groups in total. The van der Waals surface area contributed by atoms with E-state index in [1.54, 1.807) is 0 Å². The summed E-state index contributed by atoms with van der Waals surface area (Å²) in [5.41, 5.74) is -1.89. The maximum Gasteiger partial charge on any atom is 0.266 e. The van der Waals surface area contributed by atoms with Crippen molar-refractivity contribution in [2.45, 2.75) is 30.0 Å². The van der Waals surface area contributed by atoms with Gasteiger partial charge in [-0.25, -0.2) is 30.4 Å². The van der Waals surface area contributed by atoms with Gasteiger partial charge in [0.1, 0.15) is 6.17 Å². The molecule has 0 aromatic heterocycles. The number of carbonyl (C=O) groups is 1. The summed E-state index contributed by atoms with van der Waals surface area (Å²) in [6, 6.07) is 5.71. The molecule has 3 rings (SSSR count). The molecule has 0 spiro atoms. The van der Waals surface area contributed by atoms with E-state index in [1.165, 1.54) is 18.2 Å². The van der Waals surface area contributed by atoms with Gasteiger partial charge in [-0.15, -0.1) is 0 Å². The predicted octanol–water partition coefficient (Wildman–Crippen LogP) is 3.25. The summed E-state index contributed by atoms with van der Waals surface area (Å²) < 4.78 is 92.7. The molecule has 2 atom stereocenters. The number of hydrogen-bond donors (Lipinski definition) is 2. The van der Waals surface area contributed by atoms with Crippen molar-refractivity contribution in [2.24, 2.45) is 0 Å². The van der Waals surface area contributed by atoms with Gasteiger partial charge >= 0.3 is 0 Å². The maximum absolute atomic E-state index is 13.7. The van der Waals surface area contributed by atoms with Crippen LogP contribution in [0.5, 0.6) is 0 Å². The van der Waals surface area contributed by atoms with E-state index in [2.05, 4.69) is 5.32 Å². The zero-order valence-electron chi connectivity index (χ0n) is 15.7. The standard InChI is InChI=1S/C19H17F5N2O4S/c20-14-8-11(7-13(17(14)22)18(23)24)25-19(28)10-2-1-3-12(6-10)31(29,30)26-5-4-16(27)15(21)9-26/h1-3,6-8,15-16,18,27H,4-5,9H2,(H,25,28). The molecule has 1 heterocycles. The van der Waals surface area contributed by atoms with E-state index < -0.39 is 64.1 Å². The molecule has 2 unspecified atom stereocenters. The van der Waals surface area contributed by atoms with Crippen LogP contribution in [0.1, 0.15) is 28.8 Å². The van der Waals surface area contributed by atoms with E-state index in [1.807, 2.05) is 0 Å². The first-order valence-corrected chi connectivity index (χ1v) is 10.5. The van der Waals surface area contributed by atoms with Gasteiger partial charge in [0.2, 0.25) is 10.0 Å². The normalized spacial score (nSPS) is 20.1. The number of anilines is 1. The molecule has 1 amide bonds. The number of aliphatic hydroxyl groups is 1. The van der Waals surface area contributed by atoms with Crippen molar-refractivity contribution in [3.05, 3.63) is 59.2 Å². The molecule has 1 aliphatic rings. The molecule has 168 valence electrons. The fourth-order valence-corrected chi connectivity index (χ4v) is 4.58. The van der Waals surface area contributed by atoms with Gasteiger partial charge < -0.3 is 10.4 Å². The quantitative estimate of drug-likeness (QED) is 0.666. The van der Waals surface area contributed by atoms with Crippen LogP contribution in [0.2, 0.25) is 0 Å². The van der Waals surface area contributed by atoms with E-state index in [-0.39, 0.29) is 23.4 Å². The second-order valence-corrected chi connectivity index (χ2v) is 8.82. The Kier molecular flexibility index (Phi) is 6.62. The highest BCUT2D eigenvalue weighted by molar-refractivity contribution is 7.89. The van der Waals surface area contributed by atoms with Crippen LogP contribution in [-0.4, -0.2) is 49.1 Å². The summed E-state index contributed by atoms with van der Waals surface area (Å²) in [4.78, 5) is 12.1. The Bertz CT molecular complexity index is 1100. The first-order chi connectivity index (χ1) is 14.5. The van der Waals surface area contributed by atoms with Crippen LogP contribution in [0, 0.1) is 11.6 Å². The first kappa shape index (κ1) is 23.1. The van der Waals surface area contributed by atoms with Crippen LogP contribution in [0.25, 0.3) is 0 Å². The lowest BCUT2D eigenvalue weighted by Crippen LogP contribution is -2.47. The molecule has 2 aromatic rings. The molecule has 6 nitrogen and oxygen atoms in total. The Hall–Kier alpha value is -2.57. The van der Waals surface area contributed by atoms with Gasteiger partial charge in [-0.1, -0.05) is 6.07 Å². The van der Waals surface area contributed by atoms with E-state index >= 15 is 0 Å². The minimum atomic E-state index is -4.18. The molecule has 1 fully saturated rings. The Morgan fingerprint density at radius 2 is 1.90 bits per heavy atom. The number of alkyl halides is 3. The zero-order valence-corrected chi connectivity index (χ0v) is 16.6. The second-order valence-electron chi connectivity index (χ2n) is 6.88. The molecule has 0 bridgehead atoms. The summed E-state index contributed by atoms with van der Waals surface area (Å²) in [5, 5.41) is 11.5. The van der Waals surface area contributed by atoms with Crippen LogP contribution >= 0.6 is 0 Å². The Morgan fingerprint density at radius 1 is 1.19 bits per heavy atom. The van der Waals surface area contributed by atoms with Gasteiger partial charge in [-0.3, -0.25) is 4.79 Å². The van der Waals surface area contributed by atoms with Crippen LogP contribution in [0.15, 0.2) is 41.3 Å². The lowest BCUT2D eigenvalue weighted by molar-refractivity contribution is 0.0303. The van der Waals surface area contributed by atoms with Gasteiger partial charge in [0.25, 0.3) is 12.3 Å². The number of aliphatic hydroxyl groups excluding tert-OH is 1. The van der Waals surface area contributed by atoms with Crippen molar-refractivity contribution in [3.63, 3.8) is 0 Å². The molecule has 0 saturated carbocycles. The van der Waals surface area contributed by atoms with Crippen LogP contribution < -0.4 is 5.32 Å². The van der Waals surface area contributed by atoms with Gasteiger partial charge in [-0.2, -0.15) is 4.31 Å². The molecular weight excluding hydrogens is 447 g/mol. The number of hydrogen-bond acceptors (Lipinski definition) is 4. The fourth-order valence-electron chi connectivity index (χ4n) is 3.07. The summed E-state index contributed by atoms with van der Waals surface area (Å²) >= 11 is 0. The molecule has 0 radical (unpaired) electrons. The molecule has 2 aromatic carbocycles. The number of halogens is 5. The summed E-state index contributed by atoms with van der Waals surface area (Å²) in [5.74, 6) is -4.28. The number of rotatable bonds is 5. The van der Waals surface area contributed by atoms with Crippen molar-refractivity contribution >= 4 is 21.6 Å². The fraction of sp³-hybridized carbons (Fsp3) is 0.316. The summed E-state index contributed by atoms with van der Waals surface area (Å²) in [7, 11) is -4.18. The molecule has 1 saturated heterocycles. The highest BCUT2D eigenvalue weighted by atomic mass is 32.2. The van der Waals surface area contributed by atoms with Crippen molar-refractivity contribution in [3.8, 4) is 0 Å². The van der Waals surface area contributed by atoms with Gasteiger partial charge in [0, 0.05) is 30.4 Å². The van der Waals surface area contributed by atoms with E-state index in [4.69, 9.17) is 0 Å². The monoisotopic (exact) mass is 464 g/mol. The second kappa shape index (κ2) is 8.89. The average Bonchev–Trinajstić information content (AvgIpc) is 2.72. The van der Waals surface area contributed by atoms with E-state index in [0.717, 1.165) is 10.4 Å². The minimum Gasteiger partial charge on any atom is -0.390 e.